The normalized spacial score (nSPS) is 12.8. The SMILES string of the molecule is O=C(/C=C/c1ccccc1Cl)N1c2ccccc2Sc2ccccc21. The molecule has 0 N–H and O–H groups in total. The van der Waals surface area contributed by atoms with Gasteiger partial charge in [-0.3, -0.25) is 9.69 Å². The highest BCUT2D eigenvalue weighted by atomic mass is 35.5. The number of halogens is 1. The number of anilines is 2. The van der Waals surface area contributed by atoms with Crippen molar-refractivity contribution >= 4 is 46.7 Å². The van der Waals surface area contributed by atoms with Crippen molar-refractivity contribution in [2.75, 3.05) is 4.90 Å². The van der Waals surface area contributed by atoms with Crippen LogP contribution >= 0.6 is 23.4 Å². The Morgan fingerprint density at radius 3 is 2.04 bits per heavy atom. The third-order valence-corrected chi connectivity index (χ3v) is 5.44. The molecule has 2 nitrogen and oxygen atoms in total. The second kappa shape index (κ2) is 6.79. The van der Waals surface area contributed by atoms with Crippen LogP contribution in [-0.2, 0) is 4.79 Å². The minimum absolute atomic E-state index is 0.0971. The minimum atomic E-state index is -0.0971. The van der Waals surface area contributed by atoms with Crippen LogP contribution in [0.2, 0.25) is 5.02 Å². The summed E-state index contributed by atoms with van der Waals surface area (Å²) in [6, 6.07) is 23.4. The van der Waals surface area contributed by atoms with Gasteiger partial charge in [0, 0.05) is 20.9 Å². The van der Waals surface area contributed by atoms with Crippen LogP contribution in [0.3, 0.4) is 0 Å². The zero-order chi connectivity index (χ0) is 17.2. The fraction of sp³-hybridized carbons (Fsp3) is 0. The molecule has 0 unspecified atom stereocenters. The molecule has 0 saturated heterocycles. The predicted octanol–water partition coefficient (Wildman–Crippen LogP) is 6.18. The Kier molecular flexibility index (Phi) is 4.35. The van der Waals surface area contributed by atoms with Crippen molar-refractivity contribution in [3.05, 3.63) is 89.5 Å². The molecule has 25 heavy (non-hydrogen) atoms. The molecular weight excluding hydrogens is 350 g/mol. The van der Waals surface area contributed by atoms with Gasteiger partial charge in [-0.25, -0.2) is 0 Å². The van der Waals surface area contributed by atoms with Gasteiger partial charge in [0.2, 0.25) is 0 Å². The minimum Gasteiger partial charge on any atom is -0.275 e. The van der Waals surface area contributed by atoms with Crippen molar-refractivity contribution in [3.8, 4) is 0 Å². The number of carbonyl (C=O) groups excluding carboxylic acids is 1. The van der Waals surface area contributed by atoms with E-state index >= 15 is 0 Å². The first-order chi connectivity index (χ1) is 12.2. The fourth-order valence-electron chi connectivity index (χ4n) is 2.79. The van der Waals surface area contributed by atoms with Gasteiger partial charge >= 0.3 is 0 Å². The van der Waals surface area contributed by atoms with Crippen molar-refractivity contribution in [1.82, 2.24) is 0 Å². The first-order valence-corrected chi connectivity index (χ1v) is 9.06. The third-order valence-electron chi connectivity index (χ3n) is 3.96. The van der Waals surface area contributed by atoms with Gasteiger partial charge < -0.3 is 0 Å². The van der Waals surface area contributed by atoms with E-state index in [1.54, 1.807) is 28.8 Å². The van der Waals surface area contributed by atoms with Gasteiger partial charge in [-0.15, -0.1) is 0 Å². The standard InChI is InChI=1S/C21H14ClNOS/c22-16-8-2-1-7-15(16)13-14-21(24)23-17-9-3-5-11-19(17)25-20-12-6-4-10-18(20)23/h1-14H/b14-13+. The highest BCUT2D eigenvalue weighted by molar-refractivity contribution is 7.99. The Labute approximate surface area is 155 Å². The molecule has 0 atom stereocenters. The average Bonchev–Trinajstić information content (AvgIpc) is 2.65. The number of carbonyl (C=O) groups is 1. The highest BCUT2D eigenvalue weighted by Gasteiger charge is 2.26. The maximum atomic E-state index is 13.0. The molecule has 3 aromatic carbocycles. The first kappa shape index (κ1) is 16.0. The number of fused-ring (bicyclic) bond motifs is 2. The van der Waals surface area contributed by atoms with Gasteiger partial charge in [0.1, 0.15) is 0 Å². The molecular formula is C21H14ClNOS. The summed E-state index contributed by atoms with van der Waals surface area (Å²) in [6.07, 6.45) is 3.34. The fourth-order valence-corrected chi connectivity index (χ4v) is 4.04. The van der Waals surface area contributed by atoms with Crippen LogP contribution in [0.5, 0.6) is 0 Å². The molecule has 0 aromatic heterocycles. The smallest absolute Gasteiger partial charge is 0.255 e. The Hall–Kier alpha value is -2.49. The van der Waals surface area contributed by atoms with Crippen LogP contribution < -0.4 is 4.90 Å². The van der Waals surface area contributed by atoms with E-state index in [2.05, 4.69) is 0 Å². The van der Waals surface area contributed by atoms with E-state index in [0.29, 0.717) is 5.02 Å². The summed E-state index contributed by atoms with van der Waals surface area (Å²) in [4.78, 5) is 16.9. The number of hydrogen-bond acceptors (Lipinski definition) is 2. The molecule has 0 fully saturated rings. The Morgan fingerprint density at radius 2 is 1.40 bits per heavy atom. The van der Waals surface area contributed by atoms with Crippen molar-refractivity contribution < 1.29 is 4.79 Å². The summed E-state index contributed by atoms with van der Waals surface area (Å²) in [5, 5.41) is 0.626. The molecule has 1 amide bonds. The summed E-state index contributed by atoms with van der Waals surface area (Å²) in [7, 11) is 0. The van der Waals surface area contributed by atoms with Gasteiger partial charge in [0.15, 0.2) is 0 Å². The largest absolute Gasteiger partial charge is 0.275 e. The molecule has 0 spiro atoms. The van der Waals surface area contributed by atoms with E-state index in [4.69, 9.17) is 11.6 Å². The Balaban J connectivity index is 1.74. The average molecular weight is 364 g/mol. The molecule has 122 valence electrons. The summed E-state index contributed by atoms with van der Waals surface area (Å²) < 4.78 is 0. The summed E-state index contributed by atoms with van der Waals surface area (Å²) in [5.74, 6) is -0.0971. The van der Waals surface area contributed by atoms with E-state index in [9.17, 15) is 4.79 Å². The summed E-state index contributed by atoms with van der Waals surface area (Å²) in [6.45, 7) is 0. The van der Waals surface area contributed by atoms with Crippen LogP contribution in [0.15, 0.2) is 88.7 Å². The number of nitrogens with zero attached hydrogens (tertiary/aromatic N) is 1. The molecule has 0 radical (unpaired) electrons. The zero-order valence-electron chi connectivity index (χ0n) is 13.2. The molecule has 1 aliphatic rings. The maximum Gasteiger partial charge on any atom is 0.255 e. The maximum absolute atomic E-state index is 13.0. The third kappa shape index (κ3) is 3.09. The van der Waals surface area contributed by atoms with Gasteiger partial charge in [0.05, 0.1) is 11.4 Å². The molecule has 4 rings (SSSR count). The van der Waals surface area contributed by atoms with Crippen LogP contribution in [0.4, 0.5) is 11.4 Å². The zero-order valence-corrected chi connectivity index (χ0v) is 14.8. The monoisotopic (exact) mass is 363 g/mol. The van der Waals surface area contributed by atoms with Crippen molar-refractivity contribution in [3.63, 3.8) is 0 Å². The van der Waals surface area contributed by atoms with E-state index < -0.39 is 0 Å². The number of rotatable bonds is 2. The Bertz CT molecular complexity index is 937. The van der Waals surface area contributed by atoms with E-state index in [1.165, 1.54) is 0 Å². The second-order valence-corrected chi connectivity index (χ2v) is 7.06. The van der Waals surface area contributed by atoms with Crippen LogP contribution in [0.25, 0.3) is 6.08 Å². The first-order valence-electron chi connectivity index (χ1n) is 7.86. The molecule has 1 heterocycles. The molecule has 1 aliphatic heterocycles. The van der Waals surface area contributed by atoms with E-state index in [1.807, 2.05) is 72.8 Å². The quantitative estimate of drug-likeness (QED) is 0.506. The van der Waals surface area contributed by atoms with Crippen LogP contribution in [0, 0.1) is 0 Å². The molecule has 0 bridgehead atoms. The predicted molar refractivity (Wildman–Crippen MR) is 105 cm³/mol. The van der Waals surface area contributed by atoms with Crippen LogP contribution in [-0.4, -0.2) is 5.91 Å². The molecule has 0 saturated carbocycles. The van der Waals surface area contributed by atoms with Gasteiger partial charge in [0.25, 0.3) is 5.91 Å². The lowest BCUT2D eigenvalue weighted by atomic mass is 10.2. The number of benzene rings is 3. The van der Waals surface area contributed by atoms with Crippen molar-refractivity contribution in [2.24, 2.45) is 0 Å². The van der Waals surface area contributed by atoms with Gasteiger partial charge in [-0.05, 0) is 42.0 Å². The summed E-state index contributed by atoms with van der Waals surface area (Å²) in [5.41, 5.74) is 2.63. The van der Waals surface area contributed by atoms with E-state index in [0.717, 1.165) is 26.7 Å². The highest BCUT2D eigenvalue weighted by Crippen LogP contribution is 2.47. The number of para-hydroxylation sites is 2. The summed E-state index contributed by atoms with van der Waals surface area (Å²) >= 11 is 7.86. The van der Waals surface area contributed by atoms with Crippen LogP contribution in [0.1, 0.15) is 5.56 Å². The molecule has 4 heteroatoms. The van der Waals surface area contributed by atoms with E-state index in [-0.39, 0.29) is 5.91 Å². The topological polar surface area (TPSA) is 20.3 Å². The van der Waals surface area contributed by atoms with Crippen molar-refractivity contribution in [1.29, 1.82) is 0 Å². The molecule has 3 aromatic rings. The number of hydrogen-bond donors (Lipinski definition) is 0. The number of amides is 1. The lowest BCUT2D eigenvalue weighted by molar-refractivity contribution is -0.113. The van der Waals surface area contributed by atoms with Crippen molar-refractivity contribution in [2.45, 2.75) is 9.79 Å². The van der Waals surface area contributed by atoms with Gasteiger partial charge in [-0.2, -0.15) is 0 Å². The Morgan fingerprint density at radius 1 is 0.840 bits per heavy atom. The molecule has 0 aliphatic carbocycles. The van der Waals surface area contributed by atoms with Gasteiger partial charge in [-0.1, -0.05) is 65.8 Å². The lowest BCUT2D eigenvalue weighted by Gasteiger charge is -2.30. The lowest BCUT2D eigenvalue weighted by Crippen LogP contribution is -2.26. The second-order valence-electron chi connectivity index (χ2n) is 5.57.